The minimum absolute atomic E-state index is 0.0565. The second-order valence-electron chi connectivity index (χ2n) is 3.05. The third-order valence-corrected chi connectivity index (χ3v) is 2.72. The van der Waals surface area contributed by atoms with Crippen LogP contribution in [0.4, 0.5) is 0 Å². The van der Waals surface area contributed by atoms with Crippen LogP contribution in [0.15, 0.2) is 28.2 Å². The van der Waals surface area contributed by atoms with Crippen LogP contribution in [-0.4, -0.2) is 5.78 Å². The molecule has 14 heavy (non-hydrogen) atoms. The van der Waals surface area contributed by atoms with Crippen molar-refractivity contribution in [3.8, 4) is 0 Å². The number of carbonyl (C=O) groups excluding carboxylic acids is 1. The molecule has 0 atom stereocenters. The smallest absolute Gasteiger partial charge is 0.155 e. The number of ketones is 1. The molecule has 0 fully saturated rings. The Balaban J connectivity index is 3.13. The molecule has 0 bridgehead atoms. The van der Waals surface area contributed by atoms with Crippen molar-refractivity contribution >= 4 is 39.4 Å². The molecule has 0 saturated carbocycles. The van der Waals surface area contributed by atoms with Crippen LogP contribution >= 0.6 is 27.5 Å². The van der Waals surface area contributed by atoms with Gasteiger partial charge in [-0.05, 0) is 49.3 Å². The normalized spacial score (nSPS) is 11.6. The van der Waals surface area contributed by atoms with E-state index in [1.807, 2.05) is 12.1 Å². The Hall–Kier alpha value is -0.600. The van der Waals surface area contributed by atoms with Crippen LogP contribution in [0, 0.1) is 0 Å². The lowest BCUT2D eigenvalue weighted by Gasteiger charge is -2.00. The van der Waals surface area contributed by atoms with E-state index in [0.29, 0.717) is 10.6 Å². The zero-order valence-electron chi connectivity index (χ0n) is 7.97. The van der Waals surface area contributed by atoms with Crippen LogP contribution in [0.5, 0.6) is 0 Å². The van der Waals surface area contributed by atoms with Gasteiger partial charge in [0, 0.05) is 9.50 Å². The van der Waals surface area contributed by atoms with E-state index in [0.717, 1.165) is 10.0 Å². The molecule has 0 aliphatic carbocycles. The van der Waals surface area contributed by atoms with Crippen LogP contribution in [0.3, 0.4) is 0 Å². The molecule has 74 valence electrons. The van der Waals surface area contributed by atoms with Gasteiger partial charge in [-0.1, -0.05) is 27.5 Å². The molecule has 0 amide bonds. The van der Waals surface area contributed by atoms with Crippen molar-refractivity contribution in [2.45, 2.75) is 13.8 Å². The second-order valence-corrected chi connectivity index (χ2v) is 4.37. The van der Waals surface area contributed by atoms with Gasteiger partial charge in [0.2, 0.25) is 0 Å². The first-order valence-corrected chi connectivity index (χ1v) is 5.32. The molecule has 0 spiro atoms. The summed E-state index contributed by atoms with van der Waals surface area (Å²) in [7, 11) is 0. The average Bonchev–Trinajstić information content (AvgIpc) is 2.11. The van der Waals surface area contributed by atoms with Gasteiger partial charge in [0.05, 0.1) is 0 Å². The summed E-state index contributed by atoms with van der Waals surface area (Å²) in [4.78, 5) is 11.0. The van der Waals surface area contributed by atoms with Gasteiger partial charge in [0.1, 0.15) is 0 Å². The number of rotatable bonds is 2. The van der Waals surface area contributed by atoms with Crippen LogP contribution < -0.4 is 0 Å². The van der Waals surface area contributed by atoms with Gasteiger partial charge in [-0.2, -0.15) is 0 Å². The summed E-state index contributed by atoms with van der Waals surface area (Å²) in [6, 6.07) is 5.54. The SMILES string of the molecule is CC(=O)/C(C)=C/c1cc(Br)ccc1Cl. The number of Topliss-reactive ketones (excluding diaryl/α,β-unsaturated/α-hetero) is 1. The van der Waals surface area contributed by atoms with E-state index in [4.69, 9.17) is 11.6 Å². The van der Waals surface area contributed by atoms with E-state index in [1.165, 1.54) is 6.92 Å². The average molecular weight is 274 g/mol. The van der Waals surface area contributed by atoms with Crippen LogP contribution in [0.25, 0.3) is 6.08 Å². The van der Waals surface area contributed by atoms with Crippen molar-refractivity contribution in [1.29, 1.82) is 0 Å². The largest absolute Gasteiger partial charge is 0.295 e. The van der Waals surface area contributed by atoms with Gasteiger partial charge in [-0.3, -0.25) is 4.79 Å². The lowest BCUT2D eigenvalue weighted by atomic mass is 10.1. The Kier molecular flexibility index (Phi) is 3.90. The Labute approximate surface area is 96.9 Å². The summed E-state index contributed by atoms with van der Waals surface area (Å²) in [6.07, 6.45) is 1.79. The minimum atomic E-state index is 0.0565. The summed E-state index contributed by atoms with van der Waals surface area (Å²) in [5.41, 5.74) is 1.55. The first-order valence-electron chi connectivity index (χ1n) is 4.15. The third-order valence-electron chi connectivity index (χ3n) is 1.89. The van der Waals surface area contributed by atoms with E-state index in [1.54, 1.807) is 19.1 Å². The molecule has 0 heterocycles. The van der Waals surface area contributed by atoms with Crippen molar-refractivity contribution in [3.05, 3.63) is 38.8 Å². The summed E-state index contributed by atoms with van der Waals surface area (Å²) >= 11 is 9.32. The molecule has 0 saturated heterocycles. The maximum Gasteiger partial charge on any atom is 0.155 e. The lowest BCUT2D eigenvalue weighted by molar-refractivity contribution is -0.113. The molecule has 0 aliphatic heterocycles. The van der Waals surface area contributed by atoms with Crippen LogP contribution in [0.1, 0.15) is 19.4 Å². The van der Waals surface area contributed by atoms with E-state index in [2.05, 4.69) is 15.9 Å². The molecular formula is C11H10BrClO. The van der Waals surface area contributed by atoms with Crippen molar-refractivity contribution in [1.82, 2.24) is 0 Å². The number of halogens is 2. The highest BCUT2D eigenvalue weighted by molar-refractivity contribution is 9.10. The van der Waals surface area contributed by atoms with Crippen molar-refractivity contribution < 1.29 is 4.79 Å². The predicted octanol–water partition coefficient (Wildman–Crippen LogP) is 4.09. The standard InChI is InChI=1S/C11H10BrClO/c1-7(8(2)14)5-9-6-10(12)3-4-11(9)13/h3-6H,1-2H3/b7-5+. The van der Waals surface area contributed by atoms with Gasteiger partial charge in [-0.15, -0.1) is 0 Å². The zero-order valence-corrected chi connectivity index (χ0v) is 10.3. The highest BCUT2D eigenvalue weighted by Gasteiger charge is 2.01. The fourth-order valence-electron chi connectivity index (χ4n) is 0.960. The molecule has 1 aromatic rings. The lowest BCUT2D eigenvalue weighted by Crippen LogP contribution is -1.91. The van der Waals surface area contributed by atoms with Crippen LogP contribution in [-0.2, 0) is 4.79 Å². The van der Waals surface area contributed by atoms with Gasteiger partial charge in [-0.25, -0.2) is 0 Å². The van der Waals surface area contributed by atoms with E-state index < -0.39 is 0 Å². The van der Waals surface area contributed by atoms with Crippen LogP contribution in [0.2, 0.25) is 5.02 Å². The summed E-state index contributed by atoms with van der Waals surface area (Å²) < 4.78 is 0.949. The number of hydrogen-bond donors (Lipinski definition) is 0. The Morgan fingerprint density at radius 3 is 2.64 bits per heavy atom. The van der Waals surface area contributed by atoms with Gasteiger partial charge >= 0.3 is 0 Å². The number of allylic oxidation sites excluding steroid dienone is 1. The first-order chi connectivity index (χ1) is 6.50. The third kappa shape index (κ3) is 2.96. The van der Waals surface area contributed by atoms with E-state index >= 15 is 0 Å². The maximum absolute atomic E-state index is 11.0. The summed E-state index contributed by atoms with van der Waals surface area (Å²) in [6.45, 7) is 3.32. The molecule has 0 aromatic heterocycles. The topological polar surface area (TPSA) is 17.1 Å². The summed E-state index contributed by atoms with van der Waals surface area (Å²) in [5.74, 6) is 0.0565. The van der Waals surface area contributed by atoms with Gasteiger partial charge in [0.25, 0.3) is 0 Å². The highest BCUT2D eigenvalue weighted by atomic mass is 79.9. The van der Waals surface area contributed by atoms with E-state index in [-0.39, 0.29) is 5.78 Å². The molecule has 0 N–H and O–H groups in total. The first kappa shape index (κ1) is 11.5. The molecule has 1 aromatic carbocycles. The molecular weight excluding hydrogens is 263 g/mol. The van der Waals surface area contributed by atoms with Gasteiger partial charge in [0.15, 0.2) is 5.78 Å². The monoisotopic (exact) mass is 272 g/mol. The number of hydrogen-bond acceptors (Lipinski definition) is 1. The molecule has 1 rings (SSSR count). The molecule has 1 nitrogen and oxygen atoms in total. The Morgan fingerprint density at radius 2 is 2.07 bits per heavy atom. The van der Waals surface area contributed by atoms with Crippen molar-refractivity contribution in [2.24, 2.45) is 0 Å². The van der Waals surface area contributed by atoms with Crippen molar-refractivity contribution in [2.75, 3.05) is 0 Å². The Bertz CT molecular complexity index is 396. The molecule has 0 aliphatic rings. The maximum atomic E-state index is 11.0. The quantitative estimate of drug-likeness (QED) is 0.742. The second kappa shape index (κ2) is 4.76. The minimum Gasteiger partial charge on any atom is -0.295 e. The molecule has 0 unspecified atom stereocenters. The van der Waals surface area contributed by atoms with Gasteiger partial charge < -0.3 is 0 Å². The zero-order chi connectivity index (χ0) is 10.7. The van der Waals surface area contributed by atoms with Crippen molar-refractivity contribution in [3.63, 3.8) is 0 Å². The fraction of sp³-hybridized carbons (Fsp3) is 0.182. The Morgan fingerprint density at radius 1 is 1.43 bits per heavy atom. The molecule has 3 heteroatoms. The molecule has 0 radical (unpaired) electrons. The highest BCUT2D eigenvalue weighted by Crippen LogP contribution is 2.23. The summed E-state index contributed by atoms with van der Waals surface area (Å²) in [5, 5.41) is 0.647. The number of benzene rings is 1. The predicted molar refractivity (Wildman–Crippen MR) is 63.5 cm³/mol. The number of carbonyl (C=O) groups is 1. The fourth-order valence-corrected chi connectivity index (χ4v) is 1.51. The van der Waals surface area contributed by atoms with E-state index in [9.17, 15) is 4.79 Å².